The molecule has 1 aromatic heterocycles. The Labute approximate surface area is 150 Å². The van der Waals surface area contributed by atoms with Gasteiger partial charge < -0.3 is 20.1 Å². The first kappa shape index (κ1) is 16.4. The predicted octanol–water partition coefficient (Wildman–Crippen LogP) is 3.76. The molecule has 3 N–H and O–H groups in total. The molecule has 7 nitrogen and oxygen atoms in total. The Balaban J connectivity index is 1.35. The molecule has 4 rings (SSSR count). The quantitative estimate of drug-likeness (QED) is 0.652. The third-order valence-electron chi connectivity index (χ3n) is 4.25. The van der Waals surface area contributed by atoms with Crippen molar-refractivity contribution in [2.24, 2.45) is 0 Å². The van der Waals surface area contributed by atoms with E-state index in [1.807, 2.05) is 36.4 Å². The van der Waals surface area contributed by atoms with Crippen molar-refractivity contribution in [2.75, 3.05) is 23.8 Å². The van der Waals surface area contributed by atoms with Crippen LogP contribution >= 0.6 is 0 Å². The highest BCUT2D eigenvalue weighted by atomic mass is 16.5. The molecule has 1 fully saturated rings. The number of urea groups is 1. The number of carbonyl (C=O) groups excluding carboxylic acids is 1. The van der Waals surface area contributed by atoms with Crippen LogP contribution in [-0.2, 0) is 4.74 Å². The van der Waals surface area contributed by atoms with Gasteiger partial charge in [-0.2, -0.15) is 5.10 Å². The molecule has 0 spiro atoms. The number of nitrogens with zero attached hydrogens (tertiary/aromatic N) is 1. The van der Waals surface area contributed by atoms with Crippen LogP contribution in [0.4, 0.5) is 16.2 Å². The minimum absolute atomic E-state index is 0.160. The molecule has 1 unspecified atom stereocenters. The van der Waals surface area contributed by atoms with Crippen molar-refractivity contribution in [1.29, 1.82) is 0 Å². The molecule has 1 saturated heterocycles. The number of aromatic amines is 1. The van der Waals surface area contributed by atoms with Crippen LogP contribution in [0.2, 0.25) is 0 Å². The monoisotopic (exact) mass is 352 g/mol. The van der Waals surface area contributed by atoms with E-state index < -0.39 is 0 Å². The number of benzene rings is 2. The van der Waals surface area contributed by atoms with Gasteiger partial charge in [0, 0.05) is 29.4 Å². The Morgan fingerprint density at radius 3 is 2.96 bits per heavy atom. The number of hydrogen-bond acceptors (Lipinski definition) is 4. The Hall–Kier alpha value is -3.06. The van der Waals surface area contributed by atoms with E-state index in [1.54, 1.807) is 12.3 Å². The average molecular weight is 352 g/mol. The summed E-state index contributed by atoms with van der Waals surface area (Å²) in [6.45, 7) is 1.33. The van der Waals surface area contributed by atoms with Crippen LogP contribution in [0.3, 0.4) is 0 Å². The number of H-pyrrole nitrogens is 1. The fourth-order valence-corrected chi connectivity index (χ4v) is 2.94. The van der Waals surface area contributed by atoms with Crippen molar-refractivity contribution in [2.45, 2.75) is 18.9 Å². The van der Waals surface area contributed by atoms with Crippen molar-refractivity contribution in [3.63, 3.8) is 0 Å². The number of hydrogen-bond donors (Lipinski definition) is 3. The highest BCUT2D eigenvalue weighted by molar-refractivity contribution is 6.01. The van der Waals surface area contributed by atoms with Gasteiger partial charge in [-0.3, -0.25) is 5.10 Å². The lowest BCUT2D eigenvalue weighted by Crippen LogP contribution is -2.19. The lowest BCUT2D eigenvalue weighted by atomic mass is 10.2. The minimum atomic E-state index is -0.316. The van der Waals surface area contributed by atoms with Gasteiger partial charge in [0.15, 0.2) is 0 Å². The number of anilines is 2. The van der Waals surface area contributed by atoms with E-state index in [0.29, 0.717) is 23.7 Å². The zero-order chi connectivity index (χ0) is 17.8. The van der Waals surface area contributed by atoms with E-state index in [1.165, 1.54) is 0 Å². The third-order valence-corrected chi connectivity index (χ3v) is 4.25. The van der Waals surface area contributed by atoms with E-state index in [4.69, 9.17) is 9.47 Å². The first-order chi connectivity index (χ1) is 12.8. The van der Waals surface area contributed by atoms with Gasteiger partial charge in [-0.15, -0.1) is 0 Å². The van der Waals surface area contributed by atoms with Crippen molar-refractivity contribution in [3.8, 4) is 5.75 Å². The van der Waals surface area contributed by atoms with Gasteiger partial charge in [-0.25, -0.2) is 4.79 Å². The molecular formula is C19H20N4O3. The molecule has 26 heavy (non-hydrogen) atoms. The summed E-state index contributed by atoms with van der Waals surface area (Å²) in [5, 5.41) is 13.4. The van der Waals surface area contributed by atoms with Crippen LogP contribution in [-0.4, -0.2) is 35.5 Å². The molecule has 0 radical (unpaired) electrons. The number of nitrogens with one attached hydrogen (secondary N) is 3. The fourth-order valence-electron chi connectivity index (χ4n) is 2.94. The molecule has 0 bridgehead atoms. The summed E-state index contributed by atoms with van der Waals surface area (Å²) in [5.41, 5.74) is 2.28. The van der Waals surface area contributed by atoms with Crippen LogP contribution in [0.25, 0.3) is 10.9 Å². The second kappa shape index (κ2) is 7.45. The van der Waals surface area contributed by atoms with Gasteiger partial charge in [0.25, 0.3) is 0 Å². The normalized spacial score (nSPS) is 16.5. The van der Waals surface area contributed by atoms with Crippen LogP contribution in [0, 0.1) is 0 Å². The third kappa shape index (κ3) is 3.94. The molecule has 134 valence electrons. The highest BCUT2D eigenvalue weighted by Crippen LogP contribution is 2.21. The van der Waals surface area contributed by atoms with E-state index in [2.05, 4.69) is 20.8 Å². The smallest absolute Gasteiger partial charge is 0.323 e. The Morgan fingerprint density at radius 1 is 1.23 bits per heavy atom. The van der Waals surface area contributed by atoms with Crippen molar-refractivity contribution in [3.05, 3.63) is 48.7 Å². The summed E-state index contributed by atoms with van der Waals surface area (Å²) in [4.78, 5) is 12.2. The van der Waals surface area contributed by atoms with Gasteiger partial charge >= 0.3 is 6.03 Å². The lowest BCUT2D eigenvalue weighted by Gasteiger charge is -2.13. The van der Waals surface area contributed by atoms with E-state index in [0.717, 1.165) is 30.4 Å². The summed E-state index contributed by atoms with van der Waals surface area (Å²) in [6, 6.07) is 12.6. The summed E-state index contributed by atoms with van der Waals surface area (Å²) in [5.74, 6) is 0.707. The van der Waals surface area contributed by atoms with Gasteiger partial charge in [0.2, 0.25) is 0 Å². The molecular weight excluding hydrogens is 332 g/mol. The maximum absolute atomic E-state index is 12.2. The maximum atomic E-state index is 12.2. The molecule has 1 aliphatic rings. The molecule has 1 aliphatic heterocycles. The zero-order valence-electron chi connectivity index (χ0n) is 14.2. The molecule has 2 aromatic carbocycles. The Morgan fingerprint density at radius 2 is 2.12 bits per heavy atom. The SMILES string of the molecule is O=C(Nc1cccc(OCC2CCCO2)c1)Nc1ccc2[nH]ncc2c1. The van der Waals surface area contributed by atoms with Crippen LogP contribution in [0.1, 0.15) is 12.8 Å². The number of ether oxygens (including phenoxy) is 2. The van der Waals surface area contributed by atoms with Gasteiger partial charge in [-0.05, 0) is 43.2 Å². The van der Waals surface area contributed by atoms with Crippen LogP contribution in [0.5, 0.6) is 5.75 Å². The fraction of sp³-hybridized carbons (Fsp3) is 0.263. The van der Waals surface area contributed by atoms with E-state index >= 15 is 0 Å². The Kier molecular flexibility index (Phi) is 4.70. The first-order valence-electron chi connectivity index (χ1n) is 8.62. The van der Waals surface area contributed by atoms with Gasteiger partial charge in [-0.1, -0.05) is 6.07 Å². The second-order valence-electron chi connectivity index (χ2n) is 6.23. The van der Waals surface area contributed by atoms with Crippen molar-refractivity contribution in [1.82, 2.24) is 10.2 Å². The van der Waals surface area contributed by atoms with E-state index in [9.17, 15) is 4.79 Å². The number of rotatable bonds is 5. The summed E-state index contributed by atoms with van der Waals surface area (Å²) >= 11 is 0. The molecule has 3 aromatic rings. The van der Waals surface area contributed by atoms with Gasteiger partial charge in [0.1, 0.15) is 12.4 Å². The van der Waals surface area contributed by atoms with Crippen LogP contribution < -0.4 is 15.4 Å². The van der Waals surface area contributed by atoms with Crippen molar-refractivity contribution >= 4 is 28.3 Å². The number of amides is 2. The topological polar surface area (TPSA) is 88.3 Å². The van der Waals surface area contributed by atoms with Crippen molar-refractivity contribution < 1.29 is 14.3 Å². The average Bonchev–Trinajstić information content (AvgIpc) is 3.31. The molecule has 2 amide bonds. The predicted molar refractivity (Wildman–Crippen MR) is 99.6 cm³/mol. The first-order valence-corrected chi connectivity index (χ1v) is 8.62. The maximum Gasteiger partial charge on any atom is 0.323 e. The minimum Gasteiger partial charge on any atom is -0.491 e. The van der Waals surface area contributed by atoms with Crippen LogP contribution in [0.15, 0.2) is 48.7 Å². The number of aromatic nitrogens is 2. The number of carbonyl (C=O) groups is 1. The Bertz CT molecular complexity index is 902. The second-order valence-corrected chi connectivity index (χ2v) is 6.23. The molecule has 7 heteroatoms. The zero-order valence-corrected chi connectivity index (χ0v) is 14.2. The van der Waals surface area contributed by atoms with E-state index in [-0.39, 0.29) is 12.1 Å². The molecule has 0 saturated carbocycles. The summed E-state index contributed by atoms with van der Waals surface area (Å²) in [7, 11) is 0. The molecule has 1 atom stereocenters. The highest BCUT2D eigenvalue weighted by Gasteiger charge is 2.16. The lowest BCUT2D eigenvalue weighted by molar-refractivity contribution is 0.0680. The summed E-state index contributed by atoms with van der Waals surface area (Å²) in [6.07, 6.45) is 3.99. The van der Waals surface area contributed by atoms with Gasteiger partial charge in [0.05, 0.1) is 17.8 Å². The number of fused-ring (bicyclic) bond motifs is 1. The standard InChI is InChI=1S/C19H20N4O3/c24-19(22-15-6-7-18-13(9-15)11-20-23-18)21-14-3-1-4-16(10-14)26-12-17-5-2-8-25-17/h1,3-4,6-7,9-11,17H,2,5,8,12H2,(H,20,23)(H2,21,22,24). The molecule has 0 aliphatic carbocycles. The largest absolute Gasteiger partial charge is 0.491 e. The molecule has 2 heterocycles. The summed E-state index contributed by atoms with van der Waals surface area (Å²) < 4.78 is 11.3.